The lowest BCUT2D eigenvalue weighted by molar-refractivity contribution is -0.195. The number of imidazole rings is 1. The summed E-state index contributed by atoms with van der Waals surface area (Å²) in [5.41, 5.74) is 4.51. The van der Waals surface area contributed by atoms with Crippen molar-refractivity contribution in [3.05, 3.63) is 16.7 Å². The summed E-state index contributed by atoms with van der Waals surface area (Å²) >= 11 is 0. The number of anilines is 1. The monoisotopic (exact) mass is 301 g/mol. The number of hydrogen-bond donors (Lipinski definition) is 5. The summed E-state index contributed by atoms with van der Waals surface area (Å²) < 4.78 is 20.3. The maximum Gasteiger partial charge on any atom is 0.281 e. The van der Waals surface area contributed by atoms with Crippen LogP contribution in [0.15, 0.2) is 11.1 Å². The van der Waals surface area contributed by atoms with Crippen LogP contribution in [-0.2, 0) is 4.74 Å². The smallest absolute Gasteiger partial charge is 0.281 e. The van der Waals surface area contributed by atoms with Gasteiger partial charge in [0.05, 0.1) is 12.9 Å². The second-order valence-electron chi connectivity index (χ2n) is 4.66. The van der Waals surface area contributed by atoms with E-state index in [-0.39, 0.29) is 17.1 Å². The van der Waals surface area contributed by atoms with E-state index in [9.17, 15) is 19.4 Å². The Morgan fingerprint density at radius 2 is 2.33 bits per heavy atom. The number of hydrogen-bond acceptors (Lipinski definition) is 8. The summed E-state index contributed by atoms with van der Waals surface area (Å²) in [7, 11) is 0. The highest BCUT2D eigenvalue weighted by Crippen LogP contribution is 2.40. The predicted octanol–water partition coefficient (Wildman–Crippen LogP) is -2.39. The van der Waals surface area contributed by atoms with Crippen LogP contribution < -0.4 is 11.3 Å². The summed E-state index contributed by atoms with van der Waals surface area (Å²) in [5, 5.41) is 28.4. The third-order valence-electron chi connectivity index (χ3n) is 3.30. The maximum atomic E-state index is 14.3. The number of nitrogens with two attached hydrogens (primary N) is 1. The van der Waals surface area contributed by atoms with Crippen LogP contribution in [0, 0.1) is 0 Å². The molecular weight excluding hydrogens is 289 g/mol. The molecule has 21 heavy (non-hydrogen) atoms. The molecule has 114 valence electrons. The Balaban J connectivity index is 2.15. The summed E-state index contributed by atoms with van der Waals surface area (Å²) in [6.07, 6.45) is -4.01. The van der Waals surface area contributed by atoms with Gasteiger partial charge in [-0.05, 0) is 0 Å². The summed E-state index contributed by atoms with van der Waals surface area (Å²) in [5.74, 6) is -3.42. The van der Waals surface area contributed by atoms with Gasteiger partial charge in [0.15, 0.2) is 17.4 Å². The van der Waals surface area contributed by atoms with Crippen molar-refractivity contribution in [2.45, 2.75) is 24.3 Å². The minimum absolute atomic E-state index is 0.122. The van der Waals surface area contributed by atoms with Crippen LogP contribution in [0.4, 0.5) is 10.3 Å². The van der Waals surface area contributed by atoms with Crippen molar-refractivity contribution in [3.8, 4) is 0 Å². The van der Waals surface area contributed by atoms with Crippen LogP contribution in [0.2, 0.25) is 0 Å². The lowest BCUT2D eigenvalue weighted by atomic mass is 10.1. The molecule has 2 aromatic rings. The molecule has 10 nitrogen and oxygen atoms in total. The van der Waals surface area contributed by atoms with Crippen LogP contribution in [0.5, 0.6) is 0 Å². The average molecular weight is 301 g/mol. The van der Waals surface area contributed by atoms with Gasteiger partial charge in [-0.1, -0.05) is 0 Å². The topological polar surface area (TPSA) is 160 Å². The zero-order valence-electron chi connectivity index (χ0n) is 10.5. The summed E-state index contributed by atoms with van der Waals surface area (Å²) in [4.78, 5) is 21.4. The normalized spacial score (nSPS) is 32.9. The maximum absolute atomic E-state index is 14.3. The minimum Gasteiger partial charge on any atom is -0.394 e. The molecule has 11 heteroatoms. The SMILES string of the molecule is Nc1nc2c(ncn2[C@@H]2O[C@H](CO)[C@@H](O)[C@@]2(O)F)c(=O)[nH]1. The molecule has 0 amide bonds. The third kappa shape index (κ3) is 1.90. The van der Waals surface area contributed by atoms with E-state index in [1.807, 2.05) is 0 Å². The zero-order valence-corrected chi connectivity index (χ0v) is 10.5. The fourth-order valence-electron chi connectivity index (χ4n) is 2.26. The lowest BCUT2D eigenvalue weighted by Crippen LogP contribution is -2.43. The van der Waals surface area contributed by atoms with Gasteiger partial charge in [-0.3, -0.25) is 14.3 Å². The van der Waals surface area contributed by atoms with E-state index < -0.39 is 36.5 Å². The van der Waals surface area contributed by atoms with Crippen molar-refractivity contribution in [2.24, 2.45) is 0 Å². The van der Waals surface area contributed by atoms with Gasteiger partial charge < -0.3 is 25.8 Å². The van der Waals surface area contributed by atoms with E-state index in [0.29, 0.717) is 0 Å². The number of aromatic nitrogens is 4. The Morgan fingerprint density at radius 3 is 2.95 bits per heavy atom. The molecule has 3 heterocycles. The fraction of sp³-hybridized carbons (Fsp3) is 0.500. The zero-order chi connectivity index (χ0) is 15.4. The number of ether oxygens (including phenoxy) is 1. The van der Waals surface area contributed by atoms with E-state index in [0.717, 1.165) is 10.9 Å². The number of aliphatic hydroxyl groups is 3. The highest BCUT2D eigenvalue weighted by Gasteiger charge is 2.57. The van der Waals surface area contributed by atoms with Crippen molar-refractivity contribution in [2.75, 3.05) is 12.3 Å². The van der Waals surface area contributed by atoms with Gasteiger partial charge in [0.1, 0.15) is 12.2 Å². The number of aromatic amines is 1. The predicted molar refractivity (Wildman–Crippen MR) is 65.6 cm³/mol. The number of nitrogens with zero attached hydrogens (tertiary/aromatic N) is 3. The molecular formula is C10H12FN5O5. The van der Waals surface area contributed by atoms with Crippen molar-refractivity contribution in [1.29, 1.82) is 0 Å². The molecule has 3 rings (SSSR count). The highest BCUT2D eigenvalue weighted by molar-refractivity contribution is 5.70. The van der Waals surface area contributed by atoms with Crippen molar-refractivity contribution in [1.82, 2.24) is 19.5 Å². The van der Waals surface area contributed by atoms with Gasteiger partial charge in [0.2, 0.25) is 5.95 Å². The second kappa shape index (κ2) is 4.46. The molecule has 0 saturated carbocycles. The van der Waals surface area contributed by atoms with E-state index >= 15 is 0 Å². The fourth-order valence-corrected chi connectivity index (χ4v) is 2.26. The average Bonchev–Trinajstić information content (AvgIpc) is 2.91. The van der Waals surface area contributed by atoms with Crippen molar-refractivity contribution in [3.63, 3.8) is 0 Å². The Labute approximate surface area is 115 Å². The number of nitrogen functional groups attached to an aromatic ring is 1. The first kappa shape index (κ1) is 13.9. The number of fused-ring (bicyclic) bond motifs is 1. The Morgan fingerprint density at radius 1 is 1.62 bits per heavy atom. The molecule has 1 aliphatic rings. The molecule has 0 radical (unpaired) electrons. The standard InChI is InChI=1S/C10H12FN5O5/c11-10(20)5(18)3(1-17)21-8(10)16-2-13-4-6(16)14-9(12)15-7(4)19/h2-3,5,8,17-18,20H,1H2,(H3,12,14,15,19)/t3-,5-,8-,10+/m1/s1. The van der Waals surface area contributed by atoms with Crippen LogP contribution in [0.3, 0.4) is 0 Å². The van der Waals surface area contributed by atoms with Crippen molar-refractivity contribution >= 4 is 17.1 Å². The van der Waals surface area contributed by atoms with Crippen LogP contribution in [0.1, 0.15) is 6.23 Å². The first-order valence-corrected chi connectivity index (χ1v) is 5.94. The van der Waals surface area contributed by atoms with E-state index in [2.05, 4.69) is 15.0 Å². The summed E-state index contributed by atoms with van der Waals surface area (Å²) in [6.45, 7) is -0.702. The Bertz CT molecular complexity index is 743. The third-order valence-corrected chi connectivity index (χ3v) is 3.30. The molecule has 1 saturated heterocycles. The van der Waals surface area contributed by atoms with Crippen LogP contribution in [0.25, 0.3) is 11.2 Å². The summed E-state index contributed by atoms with van der Waals surface area (Å²) in [6, 6.07) is 0. The molecule has 0 bridgehead atoms. The highest BCUT2D eigenvalue weighted by atomic mass is 19.2. The minimum atomic E-state index is -3.19. The second-order valence-corrected chi connectivity index (χ2v) is 4.66. The van der Waals surface area contributed by atoms with Crippen LogP contribution >= 0.6 is 0 Å². The lowest BCUT2D eigenvalue weighted by Gasteiger charge is -2.22. The van der Waals surface area contributed by atoms with Gasteiger partial charge in [-0.15, -0.1) is 0 Å². The number of aliphatic hydroxyl groups excluding tert-OH is 2. The number of H-pyrrole nitrogens is 1. The number of alkyl halides is 1. The molecule has 0 aliphatic carbocycles. The van der Waals surface area contributed by atoms with Crippen molar-refractivity contribution < 1.29 is 24.4 Å². The van der Waals surface area contributed by atoms with Gasteiger partial charge in [-0.2, -0.15) is 4.98 Å². The first-order chi connectivity index (χ1) is 9.86. The molecule has 0 unspecified atom stereocenters. The van der Waals surface area contributed by atoms with E-state index in [1.165, 1.54) is 0 Å². The molecule has 6 N–H and O–H groups in total. The van der Waals surface area contributed by atoms with E-state index in [4.69, 9.17) is 15.6 Å². The largest absolute Gasteiger partial charge is 0.394 e. The molecule has 1 fully saturated rings. The van der Waals surface area contributed by atoms with Crippen LogP contribution in [-0.4, -0.2) is 59.5 Å². The van der Waals surface area contributed by atoms with Gasteiger partial charge >= 0.3 is 0 Å². The van der Waals surface area contributed by atoms with Gasteiger partial charge in [0, 0.05) is 0 Å². The number of halogens is 1. The Kier molecular flexibility index (Phi) is 2.95. The molecule has 2 aromatic heterocycles. The van der Waals surface area contributed by atoms with Gasteiger partial charge in [-0.25, -0.2) is 9.37 Å². The van der Waals surface area contributed by atoms with Gasteiger partial charge in [0.25, 0.3) is 11.4 Å². The molecule has 1 aliphatic heterocycles. The molecule has 0 spiro atoms. The number of rotatable bonds is 2. The first-order valence-electron chi connectivity index (χ1n) is 5.94. The number of nitrogens with one attached hydrogen (secondary N) is 1. The Hall–Kier alpha value is -2.08. The van der Waals surface area contributed by atoms with E-state index in [1.54, 1.807) is 0 Å². The molecule has 4 atom stereocenters. The quantitative estimate of drug-likeness (QED) is 0.411. The molecule has 0 aromatic carbocycles.